The first kappa shape index (κ1) is 21.0. The van der Waals surface area contributed by atoms with Gasteiger partial charge in [0.05, 0.1) is 0 Å². The van der Waals surface area contributed by atoms with Crippen LogP contribution >= 0.6 is 0 Å². The third-order valence-electron chi connectivity index (χ3n) is 4.89. The highest BCUT2D eigenvalue weighted by Crippen LogP contribution is 2.16. The van der Waals surface area contributed by atoms with E-state index in [1.807, 2.05) is 32.2 Å². The van der Waals surface area contributed by atoms with E-state index in [2.05, 4.69) is 59.3 Å². The molecule has 0 bridgehead atoms. The van der Waals surface area contributed by atoms with Gasteiger partial charge >= 0.3 is 6.03 Å². The summed E-state index contributed by atoms with van der Waals surface area (Å²) in [5.74, 6) is 0.429. The van der Waals surface area contributed by atoms with Crippen LogP contribution in [0.4, 0.5) is 4.79 Å². The molecule has 3 N–H and O–H groups in total. The smallest absolute Gasteiger partial charge is 0.315 e. The van der Waals surface area contributed by atoms with Crippen LogP contribution < -0.4 is 16.0 Å². The molecule has 0 aromatic heterocycles. The Hall–Kier alpha value is -2.33. The van der Waals surface area contributed by atoms with Crippen molar-refractivity contribution in [2.45, 2.75) is 45.7 Å². The molecular formula is C23H33N3O. The first-order valence-corrected chi connectivity index (χ1v) is 9.92. The Kier molecular flexibility index (Phi) is 8.85. The molecule has 146 valence electrons. The first-order chi connectivity index (χ1) is 13.1. The van der Waals surface area contributed by atoms with Crippen molar-refractivity contribution in [3.8, 4) is 0 Å². The van der Waals surface area contributed by atoms with Crippen molar-refractivity contribution < 1.29 is 4.79 Å². The van der Waals surface area contributed by atoms with Crippen LogP contribution in [0.5, 0.6) is 0 Å². The van der Waals surface area contributed by atoms with Gasteiger partial charge in [0.2, 0.25) is 0 Å². The van der Waals surface area contributed by atoms with Gasteiger partial charge in [-0.25, -0.2) is 4.79 Å². The van der Waals surface area contributed by atoms with Crippen molar-refractivity contribution in [3.63, 3.8) is 0 Å². The molecule has 0 fully saturated rings. The topological polar surface area (TPSA) is 53.2 Å². The average molecular weight is 368 g/mol. The normalized spacial score (nSPS) is 13.0. The molecule has 0 aliphatic heterocycles. The summed E-state index contributed by atoms with van der Waals surface area (Å²) in [4.78, 5) is 12.3. The number of carbonyl (C=O) groups excluding carboxylic acids is 1. The van der Waals surface area contributed by atoms with Crippen LogP contribution in [0, 0.1) is 5.92 Å². The molecule has 2 rings (SSSR count). The van der Waals surface area contributed by atoms with Crippen molar-refractivity contribution >= 4 is 6.03 Å². The molecule has 0 heterocycles. The van der Waals surface area contributed by atoms with Crippen molar-refractivity contribution in [2.75, 3.05) is 13.6 Å². The Morgan fingerprint density at radius 3 is 2.30 bits per heavy atom. The fourth-order valence-corrected chi connectivity index (χ4v) is 3.32. The largest absolute Gasteiger partial charge is 0.338 e. The number of hydrogen-bond donors (Lipinski definition) is 3. The molecule has 2 atom stereocenters. The molecule has 0 aliphatic rings. The van der Waals surface area contributed by atoms with Gasteiger partial charge in [-0.3, -0.25) is 0 Å². The summed E-state index contributed by atoms with van der Waals surface area (Å²) in [6.45, 7) is 5.78. The Morgan fingerprint density at radius 1 is 0.963 bits per heavy atom. The van der Waals surface area contributed by atoms with E-state index in [1.165, 1.54) is 16.7 Å². The summed E-state index contributed by atoms with van der Waals surface area (Å²) < 4.78 is 0. The van der Waals surface area contributed by atoms with Crippen LogP contribution in [0.15, 0.2) is 54.6 Å². The van der Waals surface area contributed by atoms with E-state index in [4.69, 9.17) is 0 Å². The minimum Gasteiger partial charge on any atom is -0.338 e. The lowest BCUT2D eigenvalue weighted by Gasteiger charge is -2.20. The molecule has 0 aliphatic carbocycles. The highest BCUT2D eigenvalue weighted by Gasteiger charge is 2.13. The highest BCUT2D eigenvalue weighted by atomic mass is 16.2. The maximum Gasteiger partial charge on any atom is 0.315 e. The zero-order valence-electron chi connectivity index (χ0n) is 16.8. The van der Waals surface area contributed by atoms with Crippen LogP contribution in [-0.2, 0) is 19.4 Å². The Labute approximate surface area is 163 Å². The Bertz CT molecular complexity index is 687. The van der Waals surface area contributed by atoms with Gasteiger partial charge in [-0.1, -0.05) is 67.9 Å². The fourth-order valence-electron chi connectivity index (χ4n) is 3.32. The SMILES string of the molecule is CC[C@H](CNC(=O)N[C@H](C)Cc1ccccc1)Cc1ccccc1CNC. The van der Waals surface area contributed by atoms with Crippen molar-refractivity contribution in [1.29, 1.82) is 0 Å². The van der Waals surface area contributed by atoms with Crippen LogP contribution in [-0.4, -0.2) is 25.7 Å². The average Bonchev–Trinajstić information content (AvgIpc) is 2.67. The number of carbonyl (C=O) groups is 1. The maximum atomic E-state index is 12.3. The summed E-state index contributed by atoms with van der Waals surface area (Å²) in [6, 6.07) is 18.8. The lowest BCUT2D eigenvalue weighted by atomic mass is 9.93. The van der Waals surface area contributed by atoms with Crippen LogP contribution in [0.3, 0.4) is 0 Å². The second-order valence-corrected chi connectivity index (χ2v) is 7.22. The molecule has 0 unspecified atom stereocenters. The second-order valence-electron chi connectivity index (χ2n) is 7.22. The van der Waals surface area contributed by atoms with E-state index >= 15 is 0 Å². The standard InChI is InChI=1S/C23H33N3O/c1-4-19(15-21-12-8-9-13-22(21)17-24-3)16-25-23(27)26-18(2)14-20-10-6-5-7-11-20/h5-13,18-19,24H,4,14-17H2,1-3H3,(H2,25,26,27)/t18-,19+/m1/s1. The number of benzene rings is 2. The number of hydrogen-bond acceptors (Lipinski definition) is 2. The van der Waals surface area contributed by atoms with Crippen LogP contribution in [0.2, 0.25) is 0 Å². The van der Waals surface area contributed by atoms with E-state index in [0.29, 0.717) is 12.5 Å². The quantitative estimate of drug-likeness (QED) is 0.596. The number of rotatable bonds is 10. The predicted octanol–water partition coefficient (Wildman–Crippen LogP) is 3.91. The van der Waals surface area contributed by atoms with Gasteiger partial charge in [-0.15, -0.1) is 0 Å². The third-order valence-corrected chi connectivity index (χ3v) is 4.89. The van der Waals surface area contributed by atoms with Crippen LogP contribution in [0.25, 0.3) is 0 Å². The molecule has 4 nitrogen and oxygen atoms in total. The zero-order valence-corrected chi connectivity index (χ0v) is 16.8. The van der Waals surface area contributed by atoms with Gasteiger partial charge in [0, 0.05) is 19.1 Å². The van der Waals surface area contributed by atoms with Crippen molar-refractivity contribution in [2.24, 2.45) is 5.92 Å². The molecule has 0 saturated heterocycles. The molecule has 4 heteroatoms. The summed E-state index contributed by atoms with van der Waals surface area (Å²) in [6.07, 6.45) is 2.85. The van der Waals surface area contributed by atoms with Gasteiger partial charge in [-0.2, -0.15) is 0 Å². The lowest BCUT2D eigenvalue weighted by Crippen LogP contribution is -2.43. The van der Waals surface area contributed by atoms with E-state index in [0.717, 1.165) is 25.8 Å². The summed E-state index contributed by atoms with van der Waals surface area (Å²) >= 11 is 0. The Balaban J connectivity index is 1.80. The minimum absolute atomic E-state index is 0.0830. The number of urea groups is 1. The molecule has 0 saturated carbocycles. The summed E-state index contributed by atoms with van der Waals surface area (Å²) in [5.41, 5.74) is 3.93. The van der Waals surface area contributed by atoms with Gasteiger partial charge in [0.1, 0.15) is 0 Å². The van der Waals surface area contributed by atoms with Gasteiger partial charge in [-0.05, 0) is 49.4 Å². The van der Waals surface area contributed by atoms with Gasteiger partial charge in [0.15, 0.2) is 0 Å². The summed E-state index contributed by atoms with van der Waals surface area (Å²) in [7, 11) is 1.97. The molecule has 0 radical (unpaired) electrons. The zero-order chi connectivity index (χ0) is 19.5. The molecule has 2 amide bonds. The van der Waals surface area contributed by atoms with E-state index in [-0.39, 0.29) is 12.1 Å². The van der Waals surface area contributed by atoms with Gasteiger partial charge in [0.25, 0.3) is 0 Å². The molecule has 27 heavy (non-hydrogen) atoms. The highest BCUT2D eigenvalue weighted by molar-refractivity contribution is 5.74. The number of nitrogens with one attached hydrogen (secondary N) is 3. The third kappa shape index (κ3) is 7.43. The number of amides is 2. The fraction of sp³-hybridized carbons (Fsp3) is 0.435. The van der Waals surface area contributed by atoms with E-state index in [1.54, 1.807) is 0 Å². The lowest BCUT2D eigenvalue weighted by molar-refractivity contribution is 0.235. The summed E-state index contributed by atoms with van der Waals surface area (Å²) in [5, 5.41) is 9.33. The first-order valence-electron chi connectivity index (χ1n) is 9.92. The van der Waals surface area contributed by atoms with Crippen molar-refractivity contribution in [1.82, 2.24) is 16.0 Å². The minimum atomic E-state index is -0.0830. The van der Waals surface area contributed by atoms with Crippen molar-refractivity contribution in [3.05, 3.63) is 71.3 Å². The molecule has 0 spiro atoms. The van der Waals surface area contributed by atoms with E-state index in [9.17, 15) is 4.79 Å². The Morgan fingerprint density at radius 2 is 1.63 bits per heavy atom. The molecular weight excluding hydrogens is 334 g/mol. The van der Waals surface area contributed by atoms with E-state index < -0.39 is 0 Å². The molecule has 2 aromatic carbocycles. The monoisotopic (exact) mass is 367 g/mol. The molecule has 2 aromatic rings. The predicted molar refractivity (Wildman–Crippen MR) is 113 cm³/mol. The maximum absolute atomic E-state index is 12.3. The second kappa shape index (κ2) is 11.4. The van der Waals surface area contributed by atoms with Gasteiger partial charge < -0.3 is 16.0 Å². The van der Waals surface area contributed by atoms with Crippen LogP contribution in [0.1, 0.15) is 37.0 Å².